The third-order valence-electron chi connectivity index (χ3n) is 3.24. The summed E-state index contributed by atoms with van der Waals surface area (Å²) >= 11 is 0. The zero-order valence-corrected chi connectivity index (χ0v) is 15.0. The number of aliphatic carboxylic acids is 1. The van der Waals surface area contributed by atoms with E-state index < -0.39 is 23.7 Å². The number of hydrogen-bond acceptors (Lipinski definition) is 4. The van der Waals surface area contributed by atoms with Crippen molar-refractivity contribution in [2.45, 2.75) is 65.2 Å². The van der Waals surface area contributed by atoms with E-state index >= 15 is 0 Å². The number of hydrogen-bond donors (Lipinski definition) is 2. The molecular weight excluding hydrogens is 310 g/mol. The third kappa shape index (κ3) is 7.35. The van der Waals surface area contributed by atoms with Crippen LogP contribution in [0.2, 0.25) is 0 Å². The first kappa shape index (κ1) is 19.8. The van der Waals surface area contributed by atoms with Gasteiger partial charge in [0.1, 0.15) is 17.4 Å². The van der Waals surface area contributed by atoms with Gasteiger partial charge in [0.25, 0.3) is 0 Å². The topological polar surface area (TPSA) is 84.9 Å². The van der Waals surface area contributed by atoms with Crippen molar-refractivity contribution < 1.29 is 24.2 Å². The van der Waals surface area contributed by atoms with Crippen molar-refractivity contribution in [3.8, 4) is 5.75 Å². The minimum atomic E-state index is -1.12. The van der Waals surface area contributed by atoms with Crippen molar-refractivity contribution in [3.63, 3.8) is 0 Å². The fourth-order valence-corrected chi connectivity index (χ4v) is 1.95. The predicted octanol–water partition coefficient (Wildman–Crippen LogP) is 3.38. The van der Waals surface area contributed by atoms with Crippen LogP contribution in [0.15, 0.2) is 24.3 Å². The molecule has 1 amide bonds. The average Bonchev–Trinajstić information content (AvgIpc) is 2.44. The van der Waals surface area contributed by atoms with Gasteiger partial charge in [-0.1, -0.05) is 19.1 Å². The Hall–Kier alpha value is -2.24. The van der Waals surface area contributed by atoms with Crippen LogP contribution in [0.1, 0.15) is 46.6 Å². The number of carboxylic acids is 1. The van der Waals surface area contributed by atoms with Crippen molar-refractivity contribution in [1.82, 2.24) is 5.32 Å². The van der Waals surface area contributed by atoms with Crippen molar-refractivity contribution in [1.29, 1.82) is 0 Å². The smallest absolute Gasteiger partial charge is 0.408 e. The Labute approximate surface area is 143 Å². The summed E-state index contributed by atoms with van der Waals surface area (Å²) in [4.78, 5) is 23.2. The monoisotopic (exact) mass is 337 g/mol. The number of carbonyl (C=O) groups is 2. The second-order valence-corrected chi connectivity index (χ2v) is 6.73. The zero-order chi connectivity index (χ0) is 18.3. The van der Waals surface area contributed by atoms with Gasteiger partial charge >= 0.3 is 12.1 Å². The molecule has 2 unspecified atom stereocenters. The summed E-state index contributed by atoms with van der Waals surface area (Å²) in [5, 5.41) is 11.7. The van der Waals surface area contributed by atoms with E-state index in [0.29, 0.717) is 5.75 Å². The molecule has 2 N–H and O–H groups in total. The maximum absolute atomic E-state index is 11.8. The molecule has 134 valence electrons. The Morgan fingerprint density at radius 2 is 1.96 bits per heavy atom. The lowest BCUT2D eigenvalue weighted by Crippen LogP contribution is -2.44. The normalized spacial score (nSPS) is 13.7. The number of benzene rings is 1. The minimum absolute atomic E-state index is 0.0791. The van der Waals surface area contributed by atoms with Crippen molar-refractivity contribution >= 4 is 12.1 Å². The molecule has 0 fully saturated rings. The molecule has 0 aromatic heterocycles. The highest BCUT2D eigenvalue weighted by molar-refractivity contribution is 5.80. The van der Waals surface area contributed by atoms with Crippen molar-refractivity contribution in [2.75, 3.05) is 0 Å². The first-order valence-electron chi connectivity index (χ1n) is 8.08. The molecule has 0 radical (unpaired) electrons. The van der Waals surface area contributed by atoms with E-state index in [0.717, 1.165) is 12.0 Å². The molecule has 6 heteroatoms. The highest BCUT2D eigenvalue weighted by Gasteiger charge is 2.24. The van der Waals surface area contributed by atoms with E-state index in [1.54, 1.807) is 39.0 Å². The SMILES string of the molecule is CCC(C)Oc1cccc(CC(NC(=O)OC(C)(C)C)C(=O)O)c1. The van der Waals surface area contributed by atoms with Gasteiger partial charge in [0, 0.05) is 6.42 Å². The highest BCUT2D eigenvalue weighted by atomic mass is 16.6. The van der Waals surface area contributed by atoms with Crippen LogP contribution in [0.5, 0.6) is 5.75 Å². The lowest BCUT2D eigenvalue weighted by Gasteiger charge is -2.22. The molecule has 1 aromatic carbocycles. The molecule has 0 aliphatic heterocycles. The average molecular weight is 337 g/mol. The molecule has 24 heavy (non-hydrogen) atoms. The summed E-state index contributed by atoms with van der Waals surface area (Å²) in [6.07, 6.45) is 0.353. The zero-order valence-electron chi connectivity index (χ0n) is 15.0. The Morgan fingerprint density at radius 3 is 2.50 bits per heavy atom. The van der Waals surface area contributed by atoms with Gasteiger partial charge in [-0.05, 0) is 51.8 Å². The third-order valence-corrected chi connectivity index (χ3v) is 3.24. The summed E-state index contributed by atoms with van der Waals surface area (Å²) in [5.41, 5.74) is 0.0799. The number of amides is 1. The summed E-state index contributed by atoms with van der Waals surface area (Å²) < 4.78 is 10.8. The number of alkyl carbamates (subject to hydrolysis) is 1. The molecule has 0 spiro atoms. The fraction of sp³-hybridized carbons (Fsp3) is 0.556. The Kier molecular flexibility index (Phi) is 7.07. The van der Waals surface area contributed by atoms with Gasteiger partial charge in [0.15, 0.2) is 0 Å². The van der Waals surface area contributed by atoms with Crippen LogP contribution in [0.25, 0.3) is 0 Å². The van der Waals surface area contributed by atoms with Crippen molar-refractivity contribution in [3.05, 3.63) is 29.8 Å². The van der Waals surface area contributed by atoms with Crippen LogP contribution >= 0.6 is 0 Å². The van der Waals surface area contributed by atoms with Gasteiger partial charge in [-0.15, -0.1) is 0 Å². The van der Waals surface area contributed by atoms with Gasteiger partial charge in [-0.2, -0.15) is 0 Å². The second-order valence-electron chi connectivity index (χ2n) is 6.73. The molecule has 0 heterocycles. The van der Waals surface area contributed by atoms with E-state index in [1.807, 2.05) is 19.9 Å². The van der Waals surface area contributed by atoms with Gasteiger partial charge in [-0.3, -0.25) is 0 Å². The first-order chi connectivity index (χ1) is 11.1. The van der Waals surface area contributed by atoms with Gasteiger partial charge in [0.2, 0.25) is 0 Å². The minimum Gasteiger partial charge on any atom is -0.491 e. The van der Waals surface area contributed by atoms with Crippen LogP contribution in [0.3, 0.4) is 0 Å². The Morgan fingerprint density at radius 1 is 1.29 bits per heavy atom. The number of carbonyl (C=O) groups excluding carboxylic acids is 1. The lowest BCUT2D eigenvalue weighted by molar-refractivity contribution is -0.139. The standard InChI is InChI=1S/C18H27NO5/c1-6-12(2)23-14-9-7-8-13(10-14)11-15(16(20)21)19-17(22)24-18(3,4)5/h7-10,12,15H,6,11H2,1-5H3,(H,19,22)(H,20,21). The van der Waals surface area contributed by atoms with Crippen molar-refractivity contribution in [2.24, 2.45) is 0 Å². The number of ether oxygens (including phenoxy) is 2. The Bertz CT molecular complexity index is 565. The predicted molar refractivity (Wildman–Crippen MR) is 91.3 cm³/mol. The molecule has 1 aromatic rings. The molecule has 6 nitrogen and oxygen atoms in total. The van der Waals surface area contributed by atoms with E-state index in [4.69, 9.17) is 9.47 Å². The largest absolute Gasteiger partial charge is 0.491 e. The van der Waals surface area contributed by atoms with Crippen LogP contribution in [0.4, 0.5) is 4.79 Å². The van der Waals surface area contributed by atoms with Crippen LogP contribution < -0.4 is 10.1 Å². The molecule has 0 bridgehead atoms. The van der Waals surface area contributed by atoms with Crippen LogP contribution in [0, 0.1) is 0 Å². The summed E-state index contributed by atoms with van der Waals surface area (Å²) in [6.45, 7) is 9.16. The van der Waals surface area contributed by atoms with E-state index in [-0.39, 0.29) is 12.5 Å². The van der Waals surface area contributed by atoms with Gasteiger partial charge in [0.05, 0.1) is 6.10 Å². The molecule has 0 saturated heterocycles. The van der Waals surface area contributed by atoms with Crippen LogP contribution in [-0.2, 0) is 16.0 Å². The van der Waals surface area contributed by atoms with E-state index in [2.05, 4.69) is 5.32 Å². The van der Waals surface area contributed by atoms with Gasteiger partial charge in [-0.25, -0.2) is 9.59 Å². The quantitative estimate of drug-likeness (QED) is 0.797. The maximum Gasteiger partial charge on any atom is 0.408 e. The number of carboxylic acid groups (broad SMARTS) is 1. The molecule has 2 atom stereocenters. The highest BCUT2D eigenvalue weighted by Crippen LogP contribution is 2.17. The van der Waals surface area contributed by atoms with Crippen LogP contribution in [-0.4, -0.2) is 34.9 Å². The molecular formula is C18H27NO5. The maximum atomic E-state index is 11.8. The summed E-state index contributed by atoms with van der Waals surface area (Å²) in [6, 6.07) is 6.15. The Balaban J connectivity index is 2.77. The van der Waals surface area contributed by atoms with Gasteiger partial charge < -0.3 is 19.9 Å². The fourth-order valence-electron chi connectivity index (χ4n) is 1.95. The summed E-state index contributed by atoms with van der Waals surface area (Å²) in [7, 11) is 0. The molecule has 0 aliphatic carbocycles. The number of nitrogens with one attached hydrogen (secondary N) is 1. The molecule has 0 aliphatic rings. The molecule has 1 rings (SSSR count). The first-order valence-corrected chi connectivity index (χ1v) is 8.08. The van der Waals surface area contributed by atoms with E-state index in [1.165, 1.54) is 0 Å². The lowest BCUT2D eigenvalue weighted by atomic mass is 10.1. The second kappa shape index (κ2) is 8.57. The number of rotatable bonds is 7. The van der Waals surface area contributed by atoms with E-state index in [9.17, 15) is 14.7 Å². The summed E-state index contributed by atoms with van der Waals surface area (Å²) in [5.74, 6) is -0.433. The molecule has 0 saturated carbocycles.